The Morgan fingerprint density at radius 3 is 1.85 bits per heavy atom. The molecule has 0 saturated carbocycles. The zero-order valence-corrected chi connectivity index (χ0v) is 15.7. The number of hydrogen-bond acceptors (Lipinski definition) is 4. The summed E-state index contributed by atoms with van der Waals surface area (Å²) in [4.78, 5) is 24.0. The number of hydrogen-bond donors (Lipinski definition) is 2. The first-order chi connectivity index (χ1) is 12.7. The fraction of sp³-hybridized carbons (Fsp3) is 0.263. The lowest BCUT2D eigenvalue weighted by atomic mass is 9.87. The molecule has 0 radical (unpaired) electrons. The Morgan fingerprint density at radius 2 is 1.41 bits per heavy atom. The average molecular weight is 366 g/mol. The minimum absolute atomic E-state index is 0.0631. The van der Waals surface area contributed by atoms with Crippen molar-refractivity contribution < 1.29 is 4.79 Å². The van der Waals surface area contributed by atoms with Crippen LogP contribution in [0.1, 0.15) is 26.3 Å². The molecule has 1 aromatic heterocycles. The summed E-state index contributed by atoms with van der Waals surface area (Å²) in [6.45, 7) is 6.42. The van der Waals surface area contributed by atoms with Crippen LogP contribution in [0.3, 0.4) is 0 Å². The van der Waals surface area contributed by atoms with E-state index >= 15 is 0 Å². The predicted molar refractivity (Wildman–Crippen MR) is 104 cm³/mol. The topological polar surface area (TPSA) is 93.8 Å². The van der Waals surface area contributed by atoms with Gasteiger partial charge in [-0.15, -0.1) is 0 Å². The summed E-state index contributed by atoms with van der Waals surface area (Å²) in [7, 11) is 1.53. The zero-order valence-electron chi connectivity index (χ0n) is 15.7. The van der Waals surface area contributed by atoms with Gasteiger partial charge in [0, 0.05) is 18.4 Å². The maximum Gasteiger partial charge on any atom is 0.368 e. The van der Waals surface area contributed by atoms with Gasteiger partial charge in [0.15, 0.2) is 0 Å². The second kappa shape index (κ2) is 7.06. The van der Waals surface area contributed by atoms with Crippen molar-refractivity contribution in [3.05, 3.63) is 64.6 Å². The number of nitrogens with zero attached hydrogens (tertiary/aromatic N) is 4. The SMILES string of the molecule is Cn1nnn(-c2ccc(NC(=O)Nc3ccc(C(C)(C)C)cc3)cc2)c1=O. The van der Waals surface area contributed by atoms with Crippen molar-refractivity contribution in [2.75, 3.05) is 10.6 Å². The van der Waals surface area contributed by atoms with Crippen LogP contribution in [0.25, 0.3) is 5.69 Å². The van der Waals surface area contributed by atoms with Crippen LogP contribution in [0.5, 0.6) is 0 Å². The van der Waals surface area contributed by atoms with Gasteiger partial charge < -0.3 is 10.6 Å². The number of aromatic nitrogens is 4. The molecule has 3 aromatic rings. The van der Waals surface area contributed by atoms with Gasteiger partial charge in [-0.1, -0.05) is 32.9 Å². The van der Waals surface area contributed by atoms with Crippen molar-refractivity contribution in [2.45, 2.75) is 26.2 Å². The van der Waals surface area contributed by atoms with E-state index in [0.29, 0.717) is 17.1 Å². The van der Waals surface area contributed by atoms with Gasteiger partial charge in [0.1, 0.15) is 0 Å². The summed E-state index contributed by atoms with van der Waals surface area (Å²) in [6.07, 6.45) is 0. The molecular formula is C19H22N6O2. The van der Waals surface area contributed by atoms with Crippen molar-refractivity contribution >= 4 is 17.4 Å². The quantitative estimate of drug-likeness (QED) is 0.745. The summed E-state index contributed by atoms with van der Waals surface area (Å²) >= 11 is 0. The second-order valence-electron chi connectivity index (χ2n) is 7.25. The number of tetrazole rings is 1. The molecule has 27 heavy (non-hydrogen) atoms. The molecule has 0 saturated heterocycles. The normalized spacial score (nSPS) is 11.3. The lowest BCUT2D eigenvalue weighted by Crippen LogP contribution is -2.22. The Morgan fingerprint density at radius 1 is 0.889 bits per heavy atom. The molecule has 3 rings (SSSR count). The third-order valence-electron chi connectivity index (χ3n) is 4.10. The third-order valence-corrected chi connectivity index (χ3v) is 4.10. The maximum atomic E-state index is 12.2. The van der Waals surface area contributed by atoms with Crippen molar-refractivity contribution in [1.29, 1.82) is 0 Å². The van der Waals surface area contributed by atoms with Crippen LogP contribution >= 0.6 is 0 Å². The van der Waals surface area contributed by atoms with E-state index in [-0.39, 0.29) is 17.1 Å². The van der Waals surface area contributed by atoms with Crippen molar-refractivity contribution in [1.82, 2.24) is 19.8 Å². The number of aryl methyl sites for hydroxylation is 1. The van der Waals surface area contributed by atoms with E-state index in [1.54, 1.807) is 24.3 Å². The molecule has 8 heteroatoms. The van der Waals surface area contributed by atoms with Crippen LogP contribution in [-0.4, -0.2) is 25.8 Å². The number of carbonyl (C=O) groups is 1. The lowest BCUT2D eigenvalue weighted by molar-refractivity contribution is 0.262. The number of urea groups is 1. The van der Waals surface area contributed by atoms with Crippen molar-refractivity contribution in [3.63, 3.8) is 0 Å². The van der Waals surface area contributed by atoms with Crippen LogP contribution in [0.4, 0.5) is 16.2 Å². The van der Waals surface area contributed by atoms with E-state index in [0.717, 1.165) is 4.68 Å². The molecule has 0 bridgehead atoms. The molecule has 0 aliphatic heterocycles. The van der Waals surface area contributed by atoms with Gasteiger partial charge in [0.2, 0.25) is 0 Å². The van der Waals surface area contributed by atoms with Gasteiger partial charge in [-0.3, -0.25) is 0 Å². The molecule has 0 unspecified atom stereocenters. The van der Waals surface area contributed by atoms with E-state index in [9.17, 15) is 9.59 Å². The molecule has 0 aliphatic carbocycles. The maximum absolute atomic E-state index is 12.2. The smallest absolute Gasteiger partial charge is 0.308 e. The molecule has 0 atom stereocenters. The number of benzene rings is 2. The van der Waals surface area contributed by atoms with E-state index in [4.69, 9.17) is 0 Å². The Bertz CT molecular complexity index is 994. The largest absolute Gasteiger partial charge is 0.368 e. The van der Waals surface area contributed by atoms with Gasteiger partial charge in [0.25, 0.3) is 0 Å². The highest BCUT2D eigenvalue weighted by molar-refractivity contribution is 5.99. The van der Waals surface area contributed by atoms with E-state index in [2.05, 4.69) is 41.8 Å². The highest BCUT2D eigenvalue weighted by Gasteiger charge is 2.13. The monoisotopic (exact) mass is 366 g/mol. The van der Waals surface area contributed by atoms with Crippen LogP contribution in [0, 0.1) is 0 Å². The molecule has 2 N–H and O–H groups in total. The first kappa shape index (κ1) is 18.4. The molecule has 0 fully saturated rings. The van der Waals surface area contributed by atoms with Crippen molar-refractivity contribution in [2.24, 2.45) is 7.05 Å². The molecule has 1 heterocycles. The molecule has 2 aromatic carbocycles. The number of rotatable bonds is 3. The van der Waals surface area contributed by atoms with Crippen LogP contribution in [-0.2, 0) is 12.5 Å². The summed E-state index contributed by atoms with van der Waals surface area (Å²) < 4.78 is 2.32. The average Bonchev–Trinajstić information content (AvgIpc) is 2.94. The van der Waals surface area contributed by atoms with Crippen molar-refractivity contribution in [3.8, 4) is 5.69 Å². The molecule has 8 nitrogen and oxygen atoms in total. The highest BCUT2D eigenvalue weighted by Crippen LogP contribution is 2.23. The number of amides is 2. The van der Waals surface area contributed by atoms with E-state index in [1.165, 1.54) is 17.3 Å². The molecule has 0 aliphatic rings. The standard InChI is InChI=1S/C19H22N6O2/c1-19(2,3)13-5-7-14(8-6-13)20-17(26)21-15-9-11-16(12-10-15)25-18(27)24(4)22-23-25/h5-12H,1-4H3,(H2,20,21,26). The highest BCUT2D eigenvalue weighted by atomic mass is 16.2. The summed E-state index contributed by atoms with van der Waals surface area (Å²) in [6, 6.07) is 14.2. The Balaban J connectivity index is 1.64. The number of anilines is 2. The van der Waals surface area contributed by atoms with Gasteiger partial charge in [-0.05, 0) is 57.8 Å². The van der Waals surface area contributed by atoms with Gasteiger partial charge in [-0.25, -0.2) is 9.59 Å². The molecule has 0 spiro atoms. The summed E-state index contributed by atoms with van der Waals surface area (Å²) in [5.41, 5.74) is 2.79. The summed E-state index contributed by atoms with van der Waals surface area (Å²) in [5, 5.41) is 13.0. The first-order valence-electron chi connectivity index (χ1n) is 8.52. The minimum atomic E-state index is -0.345. The van der Waals surface area contributed by atoms with E-state index in [1.807, 2.05) is 24.3 Å². The molecule has 140 valence electrons. The van der Waals surface area contributed by atoms with Gasteiger partial charge >= 0.3 is 11.7 Å². The molecular weight excluding hydrogens is 344 g/mol. The number of carbonyl (C=O) groups excluding carboxylic acids is 1. The first-order valence-corrected chi connectivity index (χ1v) is 8.52. The molecule has 2 amide bonds. The summed E-state index contributed by atoms with van der Waals surface area (Å²) in [5.74, 6) is 0. The van der Waals surface area contributed by atoms with Crippen LogP contribution in [0.2, 0.25) is 0 Å². The van der Waals surface area contributed by atoms with Crippen LogP contribution < -0.4 is 16.3 Å². The predicted octanol–water partition coefficient (Wildman–Crippen LogP) is 2.91. The Hall–Kier alpha value is -3.42. The zero-order chi connectivity index (χ0) is 19.6. The van der Waals surface area contributed by atoms with Crippen LogP contribution in [0.15, 0.2) is 53.3 Å². The number of nitrogens with one attached hydrogen (secondary N) is 2. The second-order valence-corrected chi connectivity index (χ2v) is 7.25. The van der Waals surface area contributed by atoms with Gasteiger partial charge in [-0.2, -0.15) is 9.36 Å². The Labute approximate surface area is 156 Å². The van der Waals surface area contributed by atoms with Gasteiger partial charge in [0.05, 0.1) is 5.69 Å². The fourth-order valence-electron chi connectivity index (χ4n) is 2.51. The van der Waals surface area contributed by atoms with E-state index < -0.39 is 0 Å². The minimum Gasteiger partial charge on any atom is -0.308 e. The lowest BCUT2D eigenvalue weighted by Gasteiger charge is -2.19. The fourth-order valence-corrected chi connectivity index (χ4v) is 2.51. The third kappa shape index (κ3) is 4.22. The Kier molecular flexibility index (Phi) is 4.81.